The molecular weight excluding hydrogens is 208 g/mol. The highest BCUT2D eigenvalue weighted by Crippen LogP contribution is 2.45. The third kappa shape index (κ3) is 2.38. The summed E-state index contributed by atoms with van der Waals surface area (Å²) in [6, 6.07) is 9.62. The Bertz CT molecular complexity index is 378. The predicted octanol–water partition coefficient (Wildman–Crippen LogP) is 2.35. The third-order valence-electron chi connectivity index (χ3n) is 4.12. The molecule has 1 atom stereocenters. The second-order valence-electron chi connectivity index (χ2n) is 5.42. The molecule has 0 aromatic heterocycles. The van der Waals surface area contributed by atoms with Crippen molar-refractivity contribution < 1.29 is 0 Å². The Hall–Kier alpha value is -0.860. The van der Waals surface area contributed by atoms with Crippen molar-refractivity contribution in [3.63, 3.8) is 0 Å². The van der Waals surface area contributed by atoms with Crippen LogP contribution in [0.2, 0.25) is 0 Å². The van der Waals surface area contributed by atoms with E-state index in [2.05, 4.69) is 41.4 Å². The standard InChI is InChI=1S/C15H22N2/c1-12-4-2-3-5-14(12)15(13-6-7-13)17-10-8-16-9-11-17/h2-5,13,15-16H,6-11H2,1H3/t15-/m1/s1. The molecule has 2 fully saturated rings. The SMILES string of the molecule is Cc1ccccc1[C@@H](C1CC1)N1CCNCC1. The lowest BCUT2D eigenvalue weighted by molar-refractivity contribution is 0.155. The van der Waals surface area contributed by atoms with Gasteiger partial charge >= 0.3 is 0 Å². The fourth-order valence-electron chi connectivity index (χ4n) is 3.04. The summed E-state index contributed by atoms with van der Waals surface area (Å²) in [6.45, 7) is 6.96. The molecule has 3 rings (SSSR count). The van der Waals surface area contributed by atoms with Gasteiger partial charge in [0.25, 0.3) is 0 Å². The van der Waals surface area contributed by atoms with Crippen molar-refractivity contribution in [1.29, 1.82) is 0 Å². The first kappa shape index (κ1) is 11.2. The molecule has 1 aliphatic heterocycles. The fraction of sp³-hybridized carbons (Fsp3) is 0.600. The minimum Gasteiger partial charge on any atom is -0.314 e. The van der Waals surface area contributed by atoms with Crippen molar-refractivity contribution in [2.45, 2.75) is 25.8 Å². The van der Waals surface area contributed by atoms with Crippen LogP contribution < -0.4 is 5.32 Å². The topological polar surface area (TPSA) is 15.3 Å². The highest BCUT2D eigenvalue weighted by Gasteiger charge is 2.37. The van der Waals surface area contributed by atoms with Crippen LogP contribution in [0.15, 0.2) is 24.3 Å². The van der Waals surface area contributed by atoms with Gasteiger partial charge in [-0.15, -0.1) is 0 Å². The maximum Gasteiger partial charge on any atom is 0.0379 e. The van der Waals surface area contributed by atoms with E-state index in [1.807, 2.05) is 0 Å². The zero-order chi connectivity index (χ0) is 11.7. The molecule has 0 unspecified atom stereocenters. The van der Waals surface area contributed by atoms with Crippen molar-refractivity contribution in [3.8, 4) is 0 Å². The largest absolute Gasteiger partial charge is 0.314 e. The molecule has 1 N–H and O–H groups in total. The first-order chi connectivity index (χ1) is 8.36. The molecule has 1 heterocycles. The van der Waals surface area contributed by atoms with Gasteiger partial charge in [0.05, 0.1) is 0 Å². The van der Waals surface area contributed by atoms with Gasteiger partial charge in [0.2, 0.25) is 0 Å². The number of piperazine rings is 1. The summed E-state index contributed by atoms with van der Waals surface area (Å²) in [7, 11) is 0. The fourth-order valence-corrected chi connectivity index (χ4v) is 3.04. The van der Waals surface area contributed by atoms with E-state index in [0.29, 0.717) is 6.04 Å². The summed E-state index contributed by atoms with van der Waals surface area (Å²) in [5.74, 6) is 0.911. The molecule has 17 heavy (non-hydrogen) atoms. The Kier molecular flexibility index (Phi) is 3.17. The molecule has 0 spiro atoms. The quantitative estimate of drug-likeness (QED) is 0.857. The molecule has 2 aliphatic rings. The zero-order valence-corrected chi connectivity index (χ0v) is 10.7. The normalized spacial score (nSPS) is 23.6. The monoisotopic (exact) mass is 230 g/mol. The molecule has 0 bridgehead atoms. The number of hydrogen-bond donors (Lipinski definition) is 1. The molecule has 2 heteroatoms. The predicted molar refractivity (Wildman–Crippen MR) is 71.1 cm³/mol. The van der Waals surface area contributed by atoms with E-state index in [4.69, 9.17) is 0 Å². The Balaban J connectivity index is 1.86. The molecule has 2 nitrogen and oxygen atoms in total. The van der Waals surface area contributed by atoms with Crippen LogP contribution in [0.5, 0.6) is 0 Å². The maximum atomic E-state index is 3.45. The summed E-state index contributed by atoms with van der Waals surface area (Å²) in [5, 5.41) is 3.45. The average molecular weight is 230 g/mol. The number of nitrogens with zero attached hydrogens (tertiary/aromatic N) is 1. The zero-order valence-electron chi connectivity index (χ0n) is 10.7. The molecule has 1 saturated carbocycles. The number of rotatable bonds is 3. The summed E-state index contributed by atoms with van der Waals surface area (Å²) in [4.78, 5) is 2.69. The molecule has 1 saturated heterocycles. The number of hydrogen-bond acceptors (Lipinski definition) is 2. The second-order valence-corrected chi connectivity index (χ2v) is 5.42. The van der Waals surface area contributed by atoms with Crippen LogP contribution in [0.1, 0.15) is 30.0 Å². The first-order valence-electron chi connectivity index (χ1n) is 6.86. The van der Waals surface area contributed by atoms with Gasteiger partial charge < -0.3 is 5.32 Å². The van der Waals surface area contributed by atoms with Crippen molar-refractivity contribution in [2.75, 3.05) is 26.2 Å². The second kappa shape index (κ2) is 4.79. The lowest BCUT2D eigenvalue weighted by atomic mass is 9.95. The Morgan fingerprint density at radius 3 is 2.53 bits per heavy atom. The molecular formula is C15H22N2. The smallest absolute Gasteiger partial charge is 0.0379 e. The summed E-state index contributed by atoms with van der Waals surface area (Å²) >= 11 is 0. The van der Waals surface area contributed by atoms with Crippen molar-refractivity contribution in [2.24, 2.45) is 5.92 Å². The molecule has 1 aromatic carbocycles. The van der Waals surface area contributed by atoms with Gasteiger partial charge in [0.15, 0.2) is 0 Å². The molecule has 0 amide bonds. The Morgan fingerprint density at radius 1 is 1.18 bits per heavy atom. The van der Waals surface area contributed by atoms with E-state index in [1.165, 1.54) is 31.5 Å². The van der Waals surface area contributed by atoms with Gasteiger partial charge in [-0.25, -0.2) is 0 Å². The molecule has 1 aromatic rings. The van der Waals surface area contributed by atoms with Gasteiger partial charge in [-0.3, -0.25) is 4.90 Å². The summed E-state index contributed by atoms with van der Waals surface area (Å²) < 4.78 is 0. The van der Waals surface area contributed by atoms with E-state index in [1.54, 1.807) is 5.56 Å². The van der Waals surface area contributed by atoms with Gasteiger partial charge in [-0.1, -0.05) is 24.3 Å². The van der Waals surface area contributed by atoms with Gasteiger partial charge in [-0.2, -0.15) is 0 Å². The van der Waals surface area contributed by atoms with Gasteiger partial charge in [-0.05, 0) is 36.8 Å². The van der Waals surface area contributed by atoms with Crippen LogP contribution in [0.4, 0.5) is 0 Å². The third-order valence-corrected chi connectivity index (χ3v) is 4.12. The number of benzene rings is 1. The van der Waals surface area contributed by atoms with Crippen LogP contribution in [-0.2, 0) is 0 Å². The average Bonchev–Trinajstić information content (AvgIpc) is 3.18. The van der Waals surface area contributed by atoms with Crippen LogP contribution in [0.25, 0.3) is 0 Å². The summed E-state index contributed by atoms with van der Waals surface area (Å²) in [6.07, 6.45) is 2.84. The van der Waals surface area contributed by atoms with E-state index in [0.717, 1.165) is 19.0 Å². The minimum absolute atomic E-state index is 0.679. The Morgan fingerprint density at radius 2 is 1.88 bits per heavy atom. The van der Waals surface area contributed by atoms with Crippen LogP contribution in [-0.4, -0.2) is 31.1 Å². The van der Waals surface area contributed by atoms with Crippen LogP contribution >= 0.6 is 0 Å². The lowest BCUT2D eigenvalue weighted by Crippen LogP contribution is -2.45. The minimum atomic E-state index is 0.679. The van der Waals surface area contributed by atoms with Crippen molar-refractivity contribution in [1.82, 2.24) is 10.2 Å². The molecule has 0 radical (unpaired) electrons. The van der Waals surface area contributed by atoms with Crippen LogP contribution in [0.3, 0.4) is 0 Å². The highest BCUT2D eigenvalue weighted by atomic mass is 15.2. The molecule has 92 valence electrons. The van der Waals surface area contributed by atoms with Gasteiger partial charge in [0.1, 0.15) is 0 Å². The van der Waals surface area contributed by atoms with E-state index >= 15 is 0 Å². The van der Waals surface area contributed by atoms with Gasteiger partial charge in [0, 0.05) is 32.2 Å². The molecule has 1 aliphatic carbocycles. The van der Waals surface area contributed by atoms with Crippen molar-refractivity contribution >= 4 is 0 Å². The van der Waals surface area contributed by atoms with E-state index < -0.39 is 0 Å². The van der Waals surface area contributed by atoms with E-state index in [9.17, 15) is 0 Å². The first-order valence-corrected chi connectivity index (χ1v) is 6.86. The van der Waals surface area contributed by atoms with E-state index in [-0.39, 0.29) is 0 Å². The number of aryl methyl sites for hydroxylation is 1. The van der Waals surface area contributed by atoms with Crippen LogP contribution in [0, 0.1) is 12.8 Å². The maximum absolute atomic E-state index is 3.45. The number of nitrogens with one attached hydrogen (secondary N) is 1. The van der Waals surface area contributed by atoms with Crippen molar-refractivity contribution in [3.05, 3.63) is 35.4 Å². The summed E-state index contributed by atoms with van der Waals surface area (Å²) in [5.41, 5.74) is 3.03. The Labute approximate surface area is 104 Å². The highest BCUT2D eigenvalue weighted by molar-refractivity contribution is 5.30. The lowest BCUT2D eigenvalue weighted by Gasteiger charge is -2.36.